The molecule has 0 amide bonds. The summed E-state index contributed by atoms with van der Waals surface area (Å²) in [4.78, 5) is 2.00. The lowest BCUT2D eigenvalue weighted by Crippen LogP contribution is -2.50. The van der Waals surface area contributed by atoms with Gasteiger partial charge in [-0.25, -0.2) is 0 Å². The van der Waals surface area contributed by atoms with Crippen molar-refractivity contribution in [2.75, 3.05) is 19.1 Å². The molecule has 3 nitrogen and oxygen atoms in total. The molecule has 4 heteroatoms. The fourth-order valence-corrected chi connectivity index (χ4v) is 2.88. The van der Waals surface area contributed by atoms with E-state index in [1.54, 1.807) is 0 Å². The normalized spacial score (nSPS) is 26.7. The third-order valence-electron chi connectivity index (χ3n) is 3.76. The van der Waals surface area contributed by atoms with Crippen molar-refractivity contribution in [3.05, 3.63) is 71.8 Å². The van der Waals surface area contributed by atoms with E-state index in [0.717, 1.165) is 11.1 Å². The molecule has 21 heavy (non-hydrogen) atoms. The minimum Gasteiger partial charge on any atom is -0.361 e. The van der Waals surface area contributed by atoms with Crippen molar-refractivity contribution < 1.29 is 9.84 Å². The van der Waals surface area contributed by atoms with Crippen LogP contribution >= 0.6 is 11.6 Å². The topological polar surface area (TPSA) is 32.7 Å². The molecule has 0 unspecified atom stereocenters. The monoisotopic (exact) mass is 303 g/mol. The highest BCUT2D eigenvalue weighted by atomic mass is 35.5. The first-order chi connectivity index (χ1) is 10.2. The zero-order valence-corrected chi connectivity index (χ0v) is 12.4. The van der Waals surface area contributed by atoms with Gasteiger partial charge in [0.1, 0.15) is 0 Å². The molecule has 0 aromatic heterocycles. The number of β-amino-alcohol motifs (C(OH)–C–C–N with tert-alkyl or cyclic N) is 1. The number of aliphatic hydroxyl groups is 1. The predicted molar refractivity (Wildman–Crippen MR) is 82.9 cm³/mol. The number of rotatable bonds is 3. The van der Waals surface area contributed by atoms with Crippen molar-refractivity contribution >= 4 is 11.6 Å². The van der Waals surface area contributed by atoms with Crippen molar-refractivity contribution in [2.24, 2.45) is 0 Å². The molecule has 0 spiro atoms. The first kappa shape index (κ1) is 14.5. The number of morpholine rings is 1. The Labute approximate surface area is 129 Å². The number of alkyl halides is 1. The molecule has 1 fully saturated rings. The highest BCUT2D eigenvalue weighted by Gasteiger charge is 2.40. The lowest BCUT2D eigenvalue weighted by atomic mass is 10.0. The highest BCUT2D eigenvalue weighted by molar-refractivity contribution is 6.17. The van der Waals surface area contributed by atoms with Crippen molar-refractivity contribution in [3.63, 3.8) is 0 Å². The minimum atomic E-state index is -1.34. The van der Waals surface area contributed by atoms with Gasteiger partial charge in [-0.2, -0.15) is 0 Å². The molecule has 1 N–H and O–H groups in total. The Bertz CT molecular complexity index is 578. The molecule has 2 aromatic carbocycles. The quantitative estimate of drug-likeness (QED) is 0.698. The summed E-state index contributed by atoms with van der Waals surface area (Å²) in [5.41, 5.74) is 1.79. The van der Waals surface area contributed by atoms with Crippen LogP contribution in [0.15, 0.2) is 60.7 Å². The average Bonchev–Trinajstić information content (AvgIpc) is 2.56. The molecule has 1 aliphatic heterocycles. The van der Waals surface area contributed by atoms with Gasteiger partial charge in [-0.15, -0.1) is 11.6 Å². The van der Waals surface area contributed by atoms with Crippen molar-refractivity contribution in [2.45, 2.75) is 11.9 Å². The number of hydrogen-bond donors (Lipinski definition) is 1. The van der Waals surface area contributed by atoms with Crippen LogP contribution in [0.4, 0.5) is 0 Å². The molecule has 2 atom stereocenters. The Balaban J connectivity index is 1.92. The summed E-state index contributed by atoms with van der Waals surface area (Å²) >= 11 is 6.01. The van der Waals surface area contributed by atoms with Crippen LogP contribution in [-0.4, -0.2) is 29.1 Å². The summed E-state index contributed by atoms with van der Waals surface area (Å²) in [5, 5.41) is 11.0. The SMILES string of the molecule is O[C@]1(c2ccccc2)CN(CCl)C[C@H](c2ccccc2)O1. The van der Waals surface area contributed by atoms with E-state index in [1.807, 2.05) is 65.6 Å². The Kier molecular flexibility index (Phi) is 4.27. The second-order valence-electron chi connectivity index (χ2n) is 5.30. The summed E-state index contributed by atoms with van der Waals surface area (Å²) in [5.74, 6) is -1.34. The molecule has 110 valence electrons. The smallest absolute Gasteiger partial charge is 0.206 e. The summed E-state index contributed by atoms with van der Waals surface area (Å²) in [6.07, 6.45) is -0.205. The first-order valence-corrected chi connectivity index (χ1v) is 7.54. The van der Waals surface area contributed by atoms with Gasteiger partial charge in [0, 0.05) is 12.1 Å². The Hall–Kier alpha value is -1.39. The predicted octanol–water partition coefficient (Wildman–Crippen LogP) is 3.10. The van der Waals surface area contributed by atoms with E-state index in [2.05, 4.69) is 0 Å². The maximum Gasteiger partial charge on any atom is 0.206 e. The van der Waals surface area contributed by atoms with Gasteiger partial charge < -0.3 is 9.84 Å². The Morgan fingerprint density at radius 1 is 1.10 bits per heavy atom. The maximum absolute atomic E-state index is 11.0. The zero-order chi connectivity index (χ0) is 14.7. The van der Waals surface area contributed by atoms with E-state index < -0.39 is 5.79 Å². The van der Waals surface area contributed by atoms with Gasteiger partial charge in [-0.05, 0) is 5.56 Å². The molecule has 2 aromatic rings. The minimum absolute atomic E-state index is 0.205. The molecule has 1 aliphatic rings. The van der Waals surface area contributed by atoms with Crippen LogP contribution < -0.4 is 0 Å². The number of hydrogen-bond acceptors (Lipinski definition) is 3. The second-order valence-corrected chi connectivity index (χ2v) is 5.54. The molecular weight excluding hydrogens is 286 g/mol. The van der Waals surface area contributed by atoms with Crippen LogP contribution in [-0.2, 0) is 10.5 Å². The molecule has 0 bridgehead atoms. The van der Waals surface area contributed by atoms with Gasteiger partial charge in [0.15, 0.2) is 0 Å². The van der Waals surface area contributed by atoms with Crippen molar-refractivity contribution in [1.82, 2.24) is 4.90 Å². The van der Waals surface area contributed by atoms with Crippen LogP contribution in [0.1, 0.15) is 17.2 Å². The van der Waals surface area contributed by atoms with Gasteiger partial charge in [0.2, 0.25) is 5.79 Å². The highest BCUT2D eigenvalue weighted by Crippen LogP contribution is 2.36. The maximum atomic E-state index is 11.0. The summed E-state index contributed by atoms with van der Waals surface area (Å²) < 4.78 is 6.03. The standard InChI is InChI=1S/C17H18ClNO2/c18-13-19-11-16(14-7-3-1-4-8-14)21-17(20,12-19)15-9-5-2-6-10-15/h1-10,16,20H,11-13H2/t16-,17-/m1/s1. The van der Waals surface area contributed by atoms with Crippen LogP contribution in [0.5, 0.6) is 0 Å². The Morgan fingerprint density at radius 2 is 1.71 bits per heavy atom. The molecule has 1 saturated heterocycles. The third-order valence-corrected chi connectivity index (χ3v) is 4.10. The van der Waals surface area contributed by atoms with Gasteiger partial charge in [0.25, 0.3) is 0 Å². The van der Waals surface area contributed by atoms with Crippen molar-refractivity contribution in [1.29, 1.82) is 0 Å². The van der Waals surface area contributed by atoms with E-state index in [1.165, 1.54) is 0 Å². The van der Waals surface area contributed by atoms with Gasteiger partial charge in [-0.3, -0.25) is 4.90 Å². The second kappa shape index (κ2) is 6.16. The van der Waals surface area contributed by atoms with Gasteiger partial charge in [-0.1, -0.05) is 60.7 Å². The van der Waals surface area contributed by atoms with Crippen LogP contribution in [0.25, 0.3) is 0 Å². The molecule has 0 aliphatic carbocycles. The lowest BCUT2D eigenvalue weighted by Gasteiger charge is -2.43. The van der Waals surface area contributed by atoms with E-state index in [9.17, 15) is 5.11 Å². The fraction of sp³-hybridized carbons (Fsp3) is 0.294. The van der Waals surface area contributed by atoms with E-state index in [4.69, 9.17) is 16.3 Å². The number of ether oxygens (including phenoxy) is 1. The Morgan fingerprint density at radius 3 is 2.33 bits per heavy atom. The molecular formula is C17H18ClNO2. The number of benzene rings is 2. The van der Waals surface area contributed by atoms with Gasteiger partial charge >= 0.3 is 0 Å². The zero-order valence-electron chi connectivity index (χ0n) is 11.7. The summed E-state index contributed by atoms with van der Waals surface area (Å²) in [7, 11) is 0. The lowest BCUT2D eigenvalue weighted by molar-refractivity contribution is -0.277. The summed E-state index contributed by atoms with van der Waals surface area (Å²) in [6.45, 7) is 1.03. The van der Waals surface area contributed by atoms with Crippen LogP contribution in [0.3, 0.4) is 0 Å². The summed E-state index contributed by atoms with van der Waals surface area (Å²) in [6, 6.07) is 19.8. The van der Waals surface area contributed by atoms with E-state index in [0.29, 0.717) is 19.1 Å². The van der Waals surface area contributed by atoms with Gasteiger partial charge in [0.05, 0.1) is 18.7 Å². The first-order valence-electron chi connectivity index (χ1n) is 7.00. The molecule has 3 rings (SSSR count). The van der Waals surface area contributed by atoms with E-state index in [-0.39, 0.29) is 6.10 Å². The molecule has 0 saturated carbocycles. The average molecular weight is 304 g/mol. The van der Waals surface area contributed by atoms with Crippen LogP contribution in [0, 0.1) is 0 Å². The largest absolute Gasteiger partial charge is 0.361 e. The van der Waals surface area contributed by atoms with E-state index >= 15 is 0 Å². The molecule has 1 heterocycles. The molecule has 0 radical (unpaired) electrons. The third kappa shape index (κ3) is 3.11. The van der Waals surface area contributed by atoms with Crippen molar-refractivity contribution in [3.8, 4) is 0 Å². The number of halogens is 1. The fourth-order valence-electron chi connectivity index (χ4n) is 2.70. The number of nitrogens with zero attached hydrogens (tertiary/aromatic N) is 1. The van der Waals surface area contributed by atoms with Crippen LogP contribution in [0.2, 0.25) is 0 Å².